The quantitative estimate of drug-likeness (QED) is 0.927. The minimum absolute atomic E-state index is 0.0614. The first-order valence-corrected chi connectivity index (χ1v) is 6.24. The summed E-state index contributed by atoms with van der Waals surface area (Å²) in [7, 11) is 1.75. The zero-order valence-electron chi connectivity index (χ0n) is 10.4. The van der Waals surface area contributed by atoms with Crippen molar-refractivity contribution < 1.29 is 9.90 Å². The molecule has 94 valence electrons. The number of benzene rings is 1. The number of halogens is 1. The summed E-state index contributed by atoms with van der Waals surface area (Å²) >= 11 is 3.49. The molecule has 18 heavy (non-hydrogen) atoms. The number of nitrogens with zero attached hydrogens (tertiary/aromatic N) is 2. The Balaban J connectivity index is 2.69. The summed E-state index contributed by atoms with van der Waals surface area (Å²) in [5.74, 6) is -1.01. The average Bonchev–Trinajstić information content (AvgIpc) is 2.67. The molecule has 0 fully saturated rings. The molecule has 0 amide bonds. The summed E-state index contributed by atoms with van der Waals surface area (Å²) in [6.07, 6.45) is 0. The molecule has 0 saturated heterocycles. The topological polar surface area (TPSA) is 55.1 Å². The number of carboxylic acids is 1. The first-order chi connectivity index (χ1) is 8.41. The Labute approximate surface area is 113 Å². The van der Waals surface area contributed by atoms with Crippen LogP contribution in [0.5, 0.6) is 0 Å². The van der Waals surface area contributed by atoms with E-state index in [0.717, 1.165) is 26.9 Å². The van der Waals surface area contributed by atoms with E-state index in [9.17, 15) is 4.79 Å². The van der Waals surface area contributed by atoms with E-state index < -0.39 is 5.97 Å². The zero-order valence-corrected chi connectivity index (χ0v) is 11.9. The van der Waals surface area contributed by atoms with Crippen LogP contribution in [0.25, 0.3) is 11.3 Å². The Hall–Kier alpha value is -1.62. The van der Waals surface area contributed by atoms with Gasteiger partial charge in [-0.25, -0.2) is 4.79 Å². The lowest BCUT2D eigenvalue weighted by atomic mass is 10.00. The summed E-state index contributed by atoms with van der Waals surface area (Å²) in [5.41, 5.74) is 4.06. The molecule has 4 nitrogen and oxygen atoms in total. The molecule has 0 unspecified atom stereocenters. The van der Waals surface area contributed by atoms with Crippen molar-refractivity contribution in [1.29, 1.82) is 0 Å². The second-order valence-corrected chi connectivity index (χ2v) is 5.06. The maximum Gasteiger partial charge on any atom is 0.356 e. The fourth-order valence-corrected chi connectivity index (χ4v) is 2.35. The number of aromatic carboxylic acids is 1. The van der Waals surface area contributed by atoms with Crippen LogP contribution >= 0.6 is 15.9 Å². The van der Waals surface area contributed by atoms with Gasteiger partial charge in [0, 0.05) is 17.1 Å². The Morgan fingerprint density at radius 3 is 2.61 bits per heavy atom. The normalized spacial score (nSPS) is 10.7. The average molecular weight is 309 g/mol. The molecule has 0 radical (unpaired) electrons. The third-order valence-corrected chi connectivity index (χ3v) is 3.82. The number of aryl methyl sites for hydroxylation is 2. The van der Waals surface area contributed by atoms with Crippen molar-refractivity contribution in [3.63, 3.8) is 0 Å². The van der Waals surface area contributed by atoms with E-state index in [1.807, 2.05) is 26.0 Å². The van der Waals surface area contributed by atoms with Crippen LogP contribution in [0, 0.1) is 13.8 Å². The van der Waals surface area contributed by atoms with E-state index in [0.29, 0.717) is 0 Å². The highest BCUT2D eigenvalue weighted by atomic mass is 79.9. The molecule has 0 atom stereocenters. The van der Waals surface area contributed by atoms with Crippen LogP contribution in [0.2, 0.25) is 0 Å². The van der Waals surface area contributed by atoms with Gasteiger partial charge in [0.05, 0.1) is 5.69 Å². The molecule has 5 heteroatoms. The van der Waals surface area contributed by atoms with Crippen molar-refractivity contribution >= 4 is 21.9 Å². The van der Waals surface area contributed by atoms with Crippen LogP contribution < -0.4 is 0 Å². The third-order valence-electron chi connectivity index (χ3n) is 2.96. The van der Waals surface area contributed by atoms with Crippen LogP contribution in [-0.4, -0.2) is 20.9 Å². The SMILES string of the molecule is Cc1ccc(Br)c(C)c1-c1cc(C(=O)O)nn1C. The highest BCUT2D eigenvalue weighted by Crippen LogP contribution is 2.32. The monoisotopic (exact) mass is 308 g/mol. The Bertz CT molecular complexity index is 632. The summed E-state index contributed by atoms with van der Waals surface area (Å²) in [5, 5.41) is 13.0. The van der Waals surface area contributed by atoms with Crippen LogP contribution in [0.4, 0.5) is 0 Å². The molecule has 1 aromatic heterocycles. The van der Waals surface area contributed by atoms with E-state index >= 15 is 0 Å². The van der Waals surface area contributed by atoms with Crippen molar-refractivity contribution in [3.05, 3.63) is 39.5 Å². The van der Waals surface area contributed by atoms with Crippen LogP contribution in [0.15, 0.2) is 22.7 Å². The largest absolute Gasteiger partial charge is 0.476 e. The van der Waals surface area contributed by atoms with Crippen molar-refractivity contribution in [3.8, 4) is 11.3 Å². The van der Waals surface area contributed by atoms with Gasteiger partial charge >= 0.3 is 5.97 Å². The summed E-state index contributed by atoms with van der Waals surface area (Å²) in [6.45, 7) is 4.00. The van der Waals surface area contributed by atoms with Gasteiger partial charge in [0.15, 0.2) is 5.69 Å². The highest BCUT2D eigenvalue weighted by molar-refractivity contribution is 9.10. The number of rotatable bonds is 2. The number of carbonyl (C=O) groups is 1. The molecule has 2 aromatic rings. The van der Waals surface area contributed by atoms with Gasteiger partial charge in [0.25, 0.3) is 0 Å². The van der Waals surface area contributed by atoms with E-state index in [1.165, 1.54) is 0 Å². The van der Waals surface area contributed by atoms with Gasteiger partial charge in [-0.2, -0.15) is 5.10 Å². The van der Waals surface area contributed by atoms with Gasteiger partial charge < -0.3 is 5.11 Å². The summed E-state index contributed by atoms with van der Waals surface area (Å²) in [6, 6.07) is 5.59. The Morgan fingerprint density at radius 1 is 1.39 bits per heavy atom. The second kappa shape index (κ2) is 4.57. The van der Waals surface area contributed by atoms with E-state index in [-0.39, 0.29) is 5.69 Å². The van der Waals surface area contributed by atoms with Gasteiger partial charge in [-0.05, 0) is 37.1 Å². The molecule has 1 aromatic carbocycles. The van der Waals surface area contributed by atoms with Crippen LogP contribution in [0.3, 0.4) is 0 Å². The molecule has 1 heterocycles. The van der Waals surface area contributed by atoms with Gasteiger partial charge in [0.1, 0.15) is 0 Å². The fourth-order valence-electron chi connectivity index (χ4n) is 2.02. The number of aromatic nitrogens is 2. The van der Waals surface area contributed by atoms with Crippen molar-refractivity contribution in [1.82, 2.24) is 9.78 Å². The lowest BCUT2D eigenvalue weighted by Crippen LogP contribution is -2.00. The lowest BCUT2D eigenvalue weighted by Gasteiger charge is -2.11. The second-order valence-electron chi connectivity index (χ2n) is 4.21. The molecule has 0 saturated carbocycles. The van der Waals surface area contributed by atoms with Gasteiger partial charge in [0.2, 0.25) is 0 Å². The van der Waals surface area contributed by atoms with Gasteiger partial charge in [-0.15, -0.1) is 0 Å². The molecular formula is C13H13BrN2O2. The molecule has 2 rings (SSSR count). The molecule has 1 N–H and O–H groups in total. The molecular weight excluding hydrogens is 296 g/mol. The van der Waals surface area contributed by atoms with Crippen LogP contribution in [-0.2, 0) is 7.05 Å². The fraction of sp³-hybridized carbons (Fsp3) is 0.231. The Kier molecular flexibility index (Phi) is 3.26. The number of carboxylic acid groups (broad SMARTS) is 1. The third kappa shape index (κ3) is 2.06. The lowest BCUT2D eigenvalue weighted by molar-refractivity contribution is 0.0689. The smallest absolute Gasteiger partial charge is 0.356 e. The molecule has 0 bridgehead atoms. The van der Waals surface area contributed by atoms with Crippen molar-refractivity contribution in [2.24, 2.45) is 7.05 Å². The van der Waals surface area contributed by atoms with Crippen LogP contribution in [0.1, 0.15) is 21.6 Å². The predicted octanol–water partition coefficient (Wildman–Crippen LogP) is 3.16. The summed E-state index contributed by atoms with van der Waals surface area (Å²) < 4.78 is 2.60. The first-order valence-electron chi connectivity index (χ1n) is 5.45. The van der Waals surface area contributed by atoms with Crippen molar-refractivity contribution in [2.45, 2.75) is 13.8 Å². The highest BCUT2D eigenvalue weighted by Gasteiger charge is 2.16. The molecule has 0 spiro atoms. The maximum absolute atomic E-state index is 10.9. The minimum atomic E-state index is -1.01. The maximum atomic E-state index is 10.9. The molecule has 0 aliphatic carbocycles. The number of hydrogen-bond acceptors (Lipinski definition) is 2. The van der Waals surface area contributed by atoms with Crippen molar-refractivity contribution in [2.75, 3.05) is 0 Å². The van der Waals surface area contributed by atoms with E-state index in [2.05, 4.69) is 21.0 Å². The number of hydrogen-bond donors (Lipinski definition) is 1. The zero-order chi connectivity index (χ0) is 13.4. The van der Waals surface area contributed by atoms with E-state index in [1.54, 1.807) is 17.8 Å². The van der Waals surface area contributed by atoms with Gasteiger partial charge in [-0.1, -0.05) is 22.0 Å². The van der Waals surface area contributed by atoms with E-state index in [4.69, 9.17) is 5.11 Å². The minimum Gasteiger partial charge on any atom is -0.476 e. The Morgan fingerprint density at radius 2 is 2.06 bits per heavy atom. The molecule has 0 aliphatic rings. The standard InChI is InChI=1S/C13H13BrN2O2/c1-7-4-5-9(14)8(2)12(7)11-6-10(13(17)18)15-16(11)3/h4-6H,1-3H3,(H,17,18). The first kappa shape index (κ1) is 12.8. The molecule has 0 aliphatic heterocycles. The predicted molar refractivity (Wildman–Crippen MR) is 72.8 cm³/mol. The van der Waals surface area contributed by atoms with Gasteiger partial charge in [-0.3, -0.25) is 4.68 Å². The summed E-state index contributed by atoms with van der Waals surface area (Å²) in [4.78, 5) is 10.9.